The number of hydrogen-bond acceptors (Lipinski definition) is 4. The van der Waals surface area contributed by atoms with Crippen LogP contribution in [0.2, 0.25) is 0 Å². The lowest BCUT2D eigenvalue weighted by Crippen LogP contribution is -2.38. The van der Waals surface area contributed by atoms with Gasteiger partial charge in [0.2, 0.25) is 6.04 Å². The smallest absolute Gasteiger partial charge is 0.224 e. The van der Waals surface area contributed by atoms with Gasteiger partial charge in [-0.2, -0.15) is 0 Å². The highest BCUT2D eigenvalue weighted by molar-refractivity contribution is 4.89. The number of allylic oxidation sites excluding steroid dienone is 1. The van der Waals surface area contributed by atoms with E-state index < -0.39 is 11.8 Å². The minimum absolute atomic E-state index is 0.121. The highest BCUT2D eigenvalue weighted by atomic mass is 16.7. The van der Waals surface area contributed by atoms with Crippen molar-refractivity contribution in [2.75, 3.05) is 13.2 Å². The molecule has 1 saturated heterocycles. The van der Waals surface area contributed by atoms with Gasteiger partial charge in [-0.3, -0.25) is 10.1 Å². The predicted molar refractivity (Wildman–Crippen MR) is 59.7 cm³/mol. The largest absolute Gasteiger partial charge is 0.348 e. The molecule has 0 aromatic heterocycles. The van der Waals surface area contributed by atoms with Gasteiger partial charge in [0.25, 0.3) is 0 Å². The average molecular weight is 229 g/mol. The lowest BCUT2D eigenvalue weighted by Gasteiger charge is -2.25. The molecule has 0 spiro atoms. The summed E-state index contributed by atoms with van der Waals surface area (Å²) < 4.78 is 10.8. The molecule has 1 heterocycles. The summed E-state index contributed by atoms with van der Waals surface area (Å²) in [5.74, 6) is -0.919. The molecule has 0 amide bonds. The Morgan fingerprint density at radius 3 is 2.50 bits per heavy atom. The van der Waals surface area contributed by atoms with Crippen molar-refractivity contribution in [3.05, 3.63) is 22.3 Å². The van der Waals surface area contributed by atoms with Gasteiger partial charge in [-0.15, -0.1) is 0 Å². The van der Waals surface area contributed by atoms with E-state index in [1.54, 1.807) is 6.92 Å². The van der Waals surface area contributed by atoms with Crippen LogP contribution in [-0.4, -0.2) is 30.0 Å². The summed E-state index contributed by atoms with van der Waals surface area (Å²) in [4.78, 5) is 10.8. The number of hydrogen-bond donors (Lipinski definition) is 0. The maximum atomic E-state index is 11.0. The lowest BCUT2D eigenvalue weighted by molar-refractivity contribution is -0.535. The van der Waals surface area contributed by atoms with Crippen molar-refractivity contribution in [1.82, 2.24) is 0 Å². The Labute approximate surface area is 95.6 Å². The van der Waals surface area contributed by atoms with Crippen molar-refractivity contribution in [3.8, 4) is 0 Å². The molecule has 0 aromatic carbocycles. The fourth-order valence-corrected chi connectivity index (χ4v) is 1.94. The molecule has 1 rings (SSSR count). The fraction of sp³-hybridized carbons (Fsp3) is 0.818. The molecule has 0 radical (unpaired) electrons. The van der Waals surface area contributed by atoms with Crippen molar-refractivity contribution in [3.63, 3.8) is 0 Å². The van der Waals surface area contributed by atoms with Crippen LogP contribution in [0.15, 0.2) is 12.2 Å². The molecule has 2 atom stereocenters. The SMILES string of the molecule is C/C=C/[C@H](C)[C@H](CC1(C)OCCO1)[N+](=O)[O-]. The third-order valence-electron chi connectivity index (χ3n) is 2.85. The van der Waals surface area contributed by atoms with E-state index in [9.17, 15) is 10.1 Å². The normalized spacial score (nSPS) is 23.4. The van der Waals surface area contributed by atoms with E-state index in [1.165, 1.54) is 0 Å². The van der Waals surface area contributed by atoms with E-state index in [2.05, 4.69) is 0 Å². The molecule has 0 aromatic rings. The first-order chi connectivity index (χ1) is 7.48. The molecular weight excluding hydrogens is 210 g/mol. The van der Waals surface area contributed by atoms with Crippen LogP contribution in [0.1, 0.15) is 27.2 Å². The van der Waals surface area contributed by atoms with Crippen LogP contribution < -0.4 is 0 Å². The molecule has 0 saturated carbocycles. The standard InChI is InChI=1S/C11H19NO4/c1-4-5-9(2)10(12(13)14)8-11(3)15-6-7-16-11/h4-5,9-10H,6-8H2,1-3H3/b5-4+/t9-,10-/m0/s1. The molecule has 5 nitrogen and oxygen atoms in total. The van der Waals surface area contributed by atoms with Crippen LogP contribution in [0, 0.1) is 16.0 Å². The van der Waals surface area contributed by atoms with Gasteiger partial charge in [0.1, 0.15) is 0 Å². The van der Waals surface area contributed by atoms with Gasteiger partial charge in [0, 0.05) is 10.8 Å². The highest BCUT2D eigenvalue weighted by Gasteiger charge is 2.40. The van der Waals surface area contributed by atoms with Gasteiger partial charge in [0.15, 0.2) is 5.79 Å². The molecular formula is C11H19NO4. The Morgan fingerprint density at radius 2 is 2.06 bits per heavy atom. The Morgan fingerprint density at radius 1 is 1.50 bits per heavy atom. The summed E-state index contributed by atoms with van der Waals surface area (Å²) >= 11 is 0. The molecule has 0 bridgehead atoms. The van der Waals surface area contributed by atoms with Crippen LogP contribution in [0.4, 0.5) is 0 Å². The monoisotopic (exact) mass is 229 g/mol. The van der Waals surface area contributed by atoms with Gasteiger partial charge < -0.3 is 9.47 Å². The highest BCUT2D eigenvalue weighted by Crippen LogP contribution is 2.28. The predicted octanol–water partition coefficient (Wildman–Crippen LogP) is 2.00. The lowest BCUT2D eigenvalue weighted by atomic mass is 9.95. The van der Waals surface area contributed by atoms with E-state index in [4.69, 9.17) is 9.47 Å². The molecule has 1 fully saturated rings. The number of ether oxygens (including phenoxy) is 2. The topological polar surface area (TPSA) is 61.6 Å². The van der Waals surface area contributed by atoms with Gasteiger partial charge in [0.05, 0.1) is 19.6 Å². The summed E-state index contributed by atoms with van der Waals surface area (Å²) in [5.41, 5.74) is 0. The summed E-state index contributed by atoms with van der Waals surface area (Å²) in [6, 6.07) is -0.667. The first-order valence-corrected chi connectivity index (χ1v) is 5.53. The average Bonchev–Trinajstić information content (AvgIpc) is 2.62. The molecule has 0 unspecified atom stereocenters. The molecule has 92 valence electrons. The van der Waals surface area contributed by atoms with Crippen LogP contribution in [0.3, 0.4) is 0 Å². The number of nitrogens with zero attached hydrogens (tertiary/aromatic N) is 1. The quantitative estimate of drug-likeness (QED) is 0.411. The summed E-state index contributed by atoms with van der Waals surface area (Å²) in [6.45, 7) is 6.49. The van der Waals surface area contributed by atoms with Crippen molar-refractivity contribution < 1.29 is 14.4 Å². The third-order valence-corrected chi connectivity index (χ3v) is 2.85. The Balaban J connectivity index is 2.67. The van der Waals surface area contributed by atoms with Gasteiger partial charge in [-0.25, -0.2) is 0 Å². The second-order valence-electron chi connectivity index (χ2n) is 4.27. The van der Waals surface area contributed by atoms with Crippen molar-refractivity contribution in [2.45, 2.75) is 39.0 Å². The van der Waals surface area contributed by atoms with Crippen molar-refractivity contribution >= 4 is 0 Å². The molecule has 0 N–H and O–H groups in total. The molecule has 16 heavy (non-hydrogen) atoms. The zero-order chi connectivity index (χ0) is 12.2. The minimum atomic E-state index is -0.798. The molecule has 1 aliphatic rings. The Hall–Kier alpha value is -0.940. The number of nitro groups is 1. The summed E-state index contributed by atoms with van der Waals surface area (Å²) in [7, 11) is 0. The minimum Gasteiger partial charge on any atom is -0.348 e. The van der Waals surface area contributed by atoms with E-state index in [-0.39, 0.29) is 17.3 Å². The van der Waals surface area contributed by atoms with Crippen molar-refractivity contribution in [2.24, 2.45) is 5.92 Å². The van der Waals surface area contributed by atoms with E-state index in [0.717, 1.165) is 0 Å². The second-order valence-corrected chi connectivity index (χ2v) is 4.27. The second kappa shape index (κ2) is 5.41. The third kappa shape index (κ3) is 3.28. The first-order valence-electron chi connectivity index (χ1n) is 5.53. The summed E-state index contributed by atoms with van der Waals surface area (Å²) in [6.07, 6.45) is 3.96. The molecule has 5 heteroatoms. The Bertz CT molecular complexity index is 271. The maximum Gasteiger partial charge on any atom is 0.224 e. The Kier molecular flexibility index (Phi) is 4.44. The van der Waals surface area contributed by atoms with Crippen molar-refractivity contribution in [1.29, 1.82) is 0 Å². The van der Waals surface area contributed by atoms with Crippen LogP contribution >= 0.6 is 0 Å². The zero-order valence-electron chi connectivity index (χ0n) is 10.0. The van der Waals surface area contributed by atoms with Gasteiger partial charge in [-0.05, 0) is 13.8 Å². The van der Waals surface area contributed by atoms with Gasteiger partial charge >= 0.3 is 0 Å². The van der Waals surface area contributed by atoms with Crippen LogP contribution in [0.5, 0.6) is 0 Å². The van der Waals surface area contributed by atoms with Gasteiger partial charge in [-0.1, -0.05) is 19.1 Å². The zero-order valence-corrected chi connectivity index (χ0v) is 10.0. The van der Waals surface area contributed by atoms with E-state index >= 15 is 0 Å². The van der Waals surface area contributed by atoms with E-state index in [0.29, 0.717) is 13.2 Å². The summed E-state index contributed by atoms with van der Waals surface area (Å²) in [5, 5.41) is 11.0. The first kappa shape index (κ1) is 13.1. The molecule has 0 aliphatic carbocycles. The van der Waals surface area contributed by atoms with E-state index in [1.807, 2.05) is 26.0 Å². The van der Waals surface area contributed by atoms with Crippen LogP contribution in [0.25, 0.3) is 0 Å². The maximum absolute atomic E-state index is 11.0. The van der Waals surface area contributed by atoms with Crippen LogP contribution in [-0.2, 0) is 9.47 Å². The fourth-order valence-electron chi connectivity index (χ4n) is 1.94. The number of rotatable bonds is 5. The molecule has 1 aliphatic heterocycles.